The van der Waals surface area contributed by atoms with Crippen LogP contribution in [-0.2, 0) is 4.79 Å². The lowest BCUT2D eigenvalue weighted by Gasteiger charge is -2.16. The van der Waals surface area contributed by atoms with Crippen LogP contribution in [0.5, 0.6) is 0 Å². The molecule has 1 aromatic rings. The zero-order chi connectivity index (χ0) is 15.3. The summed E-state index contributed by atoms with van der Waals surface area (Å²) in [6, 6.07) is 3.21. The number of carboxylic acid groups (broad SMARTS) is 1. The highest BCUT2D eigenvalue weighted by Gasteiger charge is 2.19. The Morgan fingerprint density at radius 2 is 2.15 bits per heavy atom. The fraction of sp³-hybridized carbons (Fsp3) is 0.462. The lowest BCUT2D eigenvalue weighted by Crippen LogP contribution is -2.24. The summed E-state index contributed by atoms with van der Waals surface area (Å²) in [7, 11) is 0. The molecular formula is C13H17FN2O4. The van der Waals surface area contributed by atoms with Crippen LogP contribution in [0.4, 0.5) is 15.8 Å². The molecule has 0 aliphatic rings. The predicted molar refractivity (Wildman–Crippen MR) is 72.1 cm³/mol. The van der Waals surface area contributed by atoms with Gasteiger partial charge in [-0.25, -0.2) is 4.39 Å². The van der Waals surface area contributed by atoms with E-state index < -0.39 is 22.6 Å². The number of non-ortho nitro benzene ring substituents is 1. The van der Waals surface area contributed by atoms with Crippen molar-refractivity contribution in [2.45, 2.75) is 20.3 Å². The van der Waals surface area contributed by atoms with Crippen molar-refractivity contribution in [1.29, 1.82) is 0 Å². The molecule has 110 valence electrons. The monoisotopic (exact) mass is 284 g/mol. The molecular weight excluding hydrogens is 267 g/mol. The molecule has 0 amide bonds. The highest BCUT2D eigenvalue weighted by molar-refractivity contribution is 5.71. The van der Waals surface area contributed by atoms with E-state index >= 15 is 0 Å². The van der Waals surface area contributed by atoms with Gasteiger partial charge in [-0.2, -0.15) is 0 Å². The van der Waals surface area contributed by atoms with Crippen LogP contribution in [0.2, 0.25) is 0 Å². The Bertz CT molecular complexity index is 505. The molecule has 1 rings (SSSR count). The number of nitro groups is 1. The van der Waals surface area contributed by atoms with Crippen LogP contribution in [0, 0.1) is 27.8 Å². The largest absolute Gasteiger partial charge is 0.481 e. The second kappa shape index (κ2) is 6.83. The molecule has 0 heterocycles. The highest BCUT2D eigenvalue weighted by Crippen LogP contribution is 2.21. The van der Waals surface area contributed by atoms with E-state index in [0.29, 0.717) is 6.42 Å². The fourth-order valence-corrected chi connectivity index (χ4v) is 1.83. The van der Waals surface area contributed by atoms with E-state index in [1.165, 1.54) is 12.1 Å². The van der Waals surface area contributed by atoms with Crippen LogP contribution < -0.4 is 5.32 Å². The number of nitrogens with zero attached hydrogens (tertiary/aromatic N) is 1. The minimum atomic E-state index is -0.950. The van der Waals surface area contributed by atoms with E-state index in [9.17, 15) is 19.3 Å². The van der Waals surface area contributed by atoms with E-state index in [0.717, 1.165) is 6.07 Å². The van der Waals surface area contributed by atoms with Crippen molar-refractivity contribution in [3.05, 3.63) is 34.1 Å². The number of halogens is 1. The zero-order valence-corrected chi connectivity index (χ0v) is 11.3. The Balaban J connectivity index is 2.73. The maximum absolute atomic E-state index is 13.6. The predicted octanol–water partition coefficient (Wildman–Crippen LogP) is 2.89. The zero-order valence-electron chi connectivity index (χ0n) is 11.3. The summed E-state index contributed by atoms with van der Waals surface area (Å²) < 4.78 is 13.6. The number of nitrogens with one attached hydrogen (secondary N) is 1. The number of hydrogen-bond acceptors (Lipinski definition) is 4. The number of nitro benzene ring substituents is 1. The first-order chi connectivity index (χ1) is 9.31. The first kappa shape index (κ1) is 15.9. The van der Waals surface area contributed by atoms with Crippen LogP contribution in [0.1, 0.15) is 20.3 Å². The quantitative estimate of drug-likeness (QED) is 0.593. The van der Waals surface area contributed by atoms with Gasteiger partial charge in [-0.15, -0.1) is 0 Å². The summed E-state index contributed by atoms with van der Waals surface area (Å²) in [5.74, 6) is -2.15. The second-order valence-electron chi connectivity index (χ2n) is 4.97. The van der Waals surface area contributed by atoms with E-state index in [1.807, 2.05) is 13.8 Å². The van der Waals surface area contributed by atoms with Gasteiger partial charge in [-0.1, -0.05) is 13.8 Å². The number of carboxylic acids is 1. The van der Waals surface area contributed by atoms with Crippen LogP contribution in [0.15, 0.2) is 18.2 Å². The maximum atomic E-state index is 13.6. The molecule has 0 bridgehead atoms. The third-order valence-corrected chi connectivity index (χ3v) is 2.81. The lowest BCUT2D eigenvalue weighted by molar-refractivity contribution is -0.385. The maximum Gasteiger partial charge on any atom is 0.308 e. The normalized spacial score (nSPS) is 12.2. The van der Waals surface area contributed by atoms with Crippen LogP contribution in [-0.4, -0.2) is 22.5 Å². The van der Waals surface area contributed by atoms with Gasteiger partial charge >= 0.3 is 5.97 Å². The minimum Gasteiger partial charge on any atom is -0.481 e. The fourth-order valence-electron chi connectivity index (χ4n) is 1.83. The van der Waals surface area contributed by atoms with Gasteiger partial charge in [-0.05, 0) is 18.4 Å². The number of anilines is 1. The summed E-state index contributed by atoms with van der Waals surface area (Å²) in [5.41, 5.74) is -0.282. The number of benzene rings is 1. The molecule has 0 spiro atoms. The molecule has 1 aromatic carbocycles. The molecule has 6 nitrogen and oxygen atoms in total. The molecule has 0 aliphatic carbocycles. The number of carbonyl (C=O) groups is 1. The summed E-state index contributed by atoms with van der Waals surface area (Å²) in [6.07, 6.45) is 0.469. The van der Waals surface area contributed by atoms with Gasteiger partial charge in [-0.3, -0.25) is 14.9 Å². The molecule has 0 saturated heterocycles. The topological polar surface area (TPSA) is 92.5 Å². The van der Waals surface area contributed by atoms with Gasteiger partial charge < -0.3 is 10.4 Å². The highest BCUT2D eigenvalue weighted by atomic mass is 19.1. The van der Waals surface area contributed by atoms with E-state index in [2.05, 4.69) is 5.32 Å². The summed E-state index contributed by atoms with van der Waals surface area (Å²) in [5, 5.41) is 22.2. The SMILES string of the molecule is CC(C)CC(CNc1ccc([N+](=O)[O-])cc1F)C(=O)O. The van der Waals surface area contributed by atoms with Crippen molar-refractivity contribution in [2.75, 3.05) is 11.9 Å². The van der Waals surface area contributed by atoms with Crippen molar-refractivity contribution in [2.24, 2.45) is 11.8 Å². The first-order valence-electron chi connectivity index (χ1n) is 6.22. The summed E-state index contributed by atoms with van der Waals surface area (Å²) in [6.45, 7) is 3.88. The van der Waals surface area contributed by atoms with Gasteiger partial charge in [0.25, 0.3) is 5.69 Å². The summed E-state index contributed by atoms with van der Waals surface area (Å²) in [4.78, 5) is 20.9. The molecule has 7 heteroatoms. The standard InChI is InChI=1S/C13H17FN2O4/c1-8(2)5-9(13(17)18)7-15-12-4-3-10(16(19)20)6-11(12)14/h3-4,6,8-9,15H,5,7H2,1-2H3,(H,17,18). The van der Waals surface area contributed by atoms with E-state index in [-0.39, 0.29) is 23.8 Å². The van der Waals surface area contributed by atoms with Crippen LogP contribution >= 0.6 is 0 Å². The molecule has 0 saturated carbocycles. The number of hydrogen-bond donors (Lipinski definition) is 2. The molecule has 2 N–H and O–H groups in total. The second-order valence-corrected chi connectivity index (χ2v) is 4.97. The molecule has 0 aromatic heterocycles. The Labute approximate surface area is 115 Å². The Morgan fingerprint density at radius 1 is 1.50 bits per heavy atom. The van der Waals surface area contributed by atoms with Gasteiger partial charge in [0.05, 0.1) is 22.6 Å². The molecule has 1 atom stereocenters. The molecule has 0 aliphatic heterocycles. The number of rotatable bonds is 7. The first-order valence-corrected chi connectivity index (χ1v) is 6.22. The molecule has 1 unspecified atom stereocenters. The van der Waals surface area contributed by atoms with Crippen molar-refractivity contribution < 1.29 is 19.2 Å². The van der Waals surface area contributed by atoms with Crippen molar-refractivity contribution in [1.82, 2.24) is 0 Å². The van der Waals surface area contributed by atoms with Crippen molar-refractivity contribution >= 4 is 17.3 Å². The number of aliphatic carboxylic acids is 1. The van der Waals surface area contributed by atoms with Crippen LogP contribution in [0.3, 0.4) is 0 Å². The minimum absolute atomic E-state index is 0.0607. The third kappa shape index (κ3) is 4.49. The van der Waals surface area contributed by atoms with E-state index in [4.69, 9.17) is 5.11 Å². The van der Waals surface area contributed by atoms with Gasteiger partial charge in [0.2, 0.25) is 0 Å². The lowest BCUT2D eigenvalue weighted by atomic mass is 9.97. The molecule has 0 fully saturated rings. The van der Waals surface area contributed by atoms with Crippen LogP contribution in [0.25, 0.3) is 0 Å². The van der Waals surface area contributed by atoms with Gasteiger partial charge in [0.1, 0.15) is 0 Å². The molecule has 0 radical (unpaired) electrons. The van der Waals surface area contributed by atoms with Crippen molar-refractivity contribution in [3.8, 4) is 0 Å². The van der Waals surface area contributed by atoms with E-state index in [1.54, 1.807) is 0 Å². The molecule has 20 heavy (non-hydrogen) atoms. The summed E-state index contributed by atoms with van der Waals surface area (Å²) >= 11 is 0. The third-order valence-electron chi connectivity index (χ3n) is 2.81. The van der Waals surface area contributed by atoms with Gasteiger partial charge in [0.15, 0.2) is 5.82 Å². The average Bonchev–Trinajstić information content (AvgIpc) is 2.34. The average molecular weight is 284 g/mol. The Hall–Kier alpha value is -2.18. The van der Waals surface area contributed by atoms with Crippen molar-refractivity contribution in [3.63, 3.8) is 0 Å². The smallest absolute Gasteiger partial charge is 0.308 e. The van der Waals surface area contributed by atoms with Gasteiger partial charge in [0, 0.05) is 12.6 Å². The Kier molecular flexibility index (Phi) is 5.42. The Morgan fingerprint density at radius 3 is 2.60 bits per heavy atom.